The Balaban J connectivity index is 1.62. The van der Waals surface area contributed by atoms with Crippen LogP contribution in [0.1, 0.15) is 36.4 Å². The van der Waals surface area contributed by atoms with E-state index in [2.05, 4.69) is 10.3 Å². The van der Waals surface area contributed by atoms with Crippen molar-refractivity contribution in [2.45, 2.75) is 25.3 Å². The summed E-state index contributed by atoms with van der Waals surface area (Å²) in [5, 5.41) is 3.75. The molecule has 4 heteroatoms. The fourth-order valence-electron chi connectivity index (χ4n) is 2.69. The molecular formula is C17H17ClN2O. The molecule has 1 heterocycles. The van der Waals surface area contributed by atoms with Gasteiger partial charge in [0.15, 0.2) is 0 Å². The van der Waals surface area contributed by atoms with Crippen molar-refractivity contribution in [1.29, 1.82) is 0 Å². The average Bonchev–Trinajstić information content (AvgIpc) is 3.29. The third kappa shape index (κ3) is 3.08. The van der Waals surface area contributed by atoms with Gasteiger partial charge < -0.3 is 5.32 Å². The number of nitrogens with zero attached hydrogens (tertiary/aromatic N) is 1. The Bertz CT molecular complexity index is 644. The van der Waals surface area contributed by atoms with Gasteiger partial charge in [-0.05, 0) is 48.6 Å². The Hall–Kier alpha value is -1.87. The molecule has 3 nitrogen and oxygen atoms in total. The summed E-state index contributed by atoms with van der Waals surface area (Å²) < 4.78 is 0. The molecule has 0 bridgehead atoms. The summed E-state index contributed by atoms with van der Waals surface area (Å²) in [7, 11) is 0. The molecule has 2 aromatic rings. The van der Waals surface area contributed by atoms with Crippen molar-refractivity contribution in [1.82, 2.24) is 10.3 Å². The molecule has 1 aromatic carbocycles. The Morgan fingerprint density at radius 3 is 2.71 bits per heavy atom. The lowest BCUT2D eigenvalue weighted by Gasteiger charge is -2.15. The molecule has 21 heavy (non-hydrogen) atoms. The van der Waals surface area contributed by atoms with Crippen LogP contribution in [0.15, 0.2) is 48.8 Å². The van der Waals surface area contributed by atoms with Crippen LogP contribution in [0.4, 0.5) is 0 Å². The van der Waals surface area contributed by atoms with Crippen molar-refractivity contribution in [3.63, 3.8) is 0 Å². The topological polar surface area (TPSA) is 42.0 Å². The third-order valence-corrected chi connectivity index (χ3v) is 4.34. The minimum atomic E-state index is -0.0788. The van der Waals surface area contributed by atoms with Crippen LogP contribution in [0.25, 0.3) is 0 Å². The molecule has 0 spiro atoms. The number of carbonyl (C=O) groups excluding carboxylic acids is 1. The Labute approximate surface area is 129 Å². The third-order valence-electron chi connectivity index (χ3n) is 3.99. The molecule has 108 valence electrons. The number of amides is 1. The molecule has 1 fully saturated rings. The minimum Gasteiger partial charge on any atom is -0.349 e. The Morgan fingerprint density at radius 2 is 2.00 bits per heavy atom. The van der Waals surface area contributed by atoms with Gasteiger partial charge in [-0.15, -0.1) is 0 Å². The maximum absolute atomic E-state index is 12.3. The predicted molar refractivity (Wildman–Crippen MR) is 83.1 cm³/mol. The van der Waals surface area contributed by atoms with Crippen LogP contribution in [0.3, 0.4) is 0 Å². The Kier molecular flexibility index (Phi) is 3.93. The van der Waals surface area contributed by atoms with Crippen LogP contribution in [0, 0.1) is 5.92 Å². The molecule has 1 aliphatic rings. The lowest BCUT2D eigenvalue weighted by molar-refractivity contribution is -0.123. The zero-order valence-electron chi connectivity index (χ0n) is 11.8. The summed E-state index contributed by atoms with van der Waals surface area (Å²) in [6.07, 6.45) is 4.45. The van der Waals surface area contributed by atoms with Crippen LogP contribution in [0.5, 0.6) is 0 Å². The first-order valence-corrected chi connectivity index (χ1v) is 7.49. The summed E-state index contributed by atoms with van der Waals surface area (Å²) in [6, 6.07) is 11.5. The van der Waals surface area contributed by atoms with Crippen molar-refractivity contribution in [2.75, 3.05) is 0 Å². The second kappa shape index (κ2) is 5.86. The molecule has 3 atom stereocenters. The summed E-state index contributed by atoms with van der Waals surface area (Å²) in [5.74, 6) is 0.494. The standard InChI is InChI=1S/C17H17ClN2O/c1-11(13-4-2-3-5-16(13)18)20-17(21)15-10-14(15)12-6-8-19-9-7-12/h2-9,11,14-15H,10H2,1H3,(H,20,21). The normalized spacial score (nSPS) is 21.6. The van der Waals surface area contributed by atoms with Crippen LogP contribution in [-0.4, -0.2) is 10.9 Å². The highest BCUT2D eigenvalue weighted by Crippen LogP contribution is 2.47. The van der Waals surface area contributed by atoms with Gasteiger partial charge >= 0.3 is 0 Å². The second-order valence-corrected chi connectivity index (χ2v) is 5.89. The van der Waals surface area contributed by atoms with Gasteiger partial charge in [-0.25, -0.2) is 0 Å². The molecule has 1 aliphatic carbocycles. The van der Waals surface area contributed by atoms with Crippen LogP contribution >= 0.6 is 11.6 Å². The summed E-state index contributed by atoms with van der Waals surface area (Å²) >= 11 is 6.16. The number of halogens is 1. The van der Waals surface area contributed by atoms with Crippen LogP contribution in [0.2, 0.25) is 5.02 Å². The maximum Gasteiger partial charge on any atom is 0.224 e. The molecular weight excluding hydrogens is 284 g/mol. The highest BCUT2D eigenvalue weighted by atomic mass is 35.5. The molecule has 1 saturated carbocycles. The fourth-order valence-corrected chi connectivity index (χ4v) is 2.99. The number of hydrogen-bond donors (Lipinski definition) is 1. The van der Waals surface area contributed by atoms with E-state index >= 15 is 0 Å². The van der Waals surface area contributed by atoms with E-state index in [1.165, 1.54) is 5.56 Å². The van der Waals surface area contributed by atoms with Crippen molar-refractivity contribution in [3.8, 4) is 0 Å². The molecule has 1 N–H and O–H groups in total. The van der Waals surface area contributed by atoms with Crippen molar-refractivity contribution in [2.24, 2.45) is 5.92 Å². The van der Waals surface area contributed by atoms with Crippen molar-refractivity contribution < 1.29 is 4.79 Å². The van der Waals surface area contributed by atoms with Crippen LogP contribution < -0.4 is 5.32 Å². The van der Waals surface area contributed by atoms with E-state index in [1.807, 2.05) is 43.3 Å². The highest BCUT2D eigenvalue weighted by molar-refractivity contribution is 6.31. The van der Waals surface area contributed by atoms with Gasteiger partial charge in [-0.3, -0.25) is 9.78 Å². The van der Waals surface area contributed by atoms with E-state index in [-0.39, 0.29) is 17.9 Å². The van der Waals surface area contributed by atoms with Gasteiger partial charge in [0.05, 0.1) is 6.04 Å². The molecule has 1 amide bonds. The first kappa shape index (κ1) is 14.1. The van der Waals surface area contributed by atoms with Crippen molar-refractivity contribution >= 4 is 17.5 Å². The van der Waals surface area contributed by atoms with E-state index in [9.17, 15) is 4.79 Å². The van der Waals surface area contributed by atoms with Crippen molar-refractivity contribution in [3.05, 3.63) is 64.9 Å². The predicted octanol–water partition coefficient (Wildman–Crippen LogP) is 3.72. The summed E-state index contributed by atoms with van der Waals surface area (Å²) in [6.45, 7) is 1.96. The molecule has 0 aliphatic heterocycles. The van der Waals surface area contributed by atoms with E-state index < -0.39 is 0 Å². The number of nitrogens with one attached hydrogen (secondary N) is 1. The van der Waals surface area contributed by atoms with E-state index in [4.69, 9.17) is 11.6 Å². The zero-order valence-corrected chi connectivity index (χ0v) is 12.5. The fraction of sp³-hybridized carbons (Fsp3) is 0.294. The number of rotatable bonds is 4. The zero-order chi connectivity index (χ0) is 14.8. The first-order valence-electron chi connectivity index (χ1n) is 7.11. The average molecular weight is 301 g/mol. The van der Waals surface area contributed by atoms with E-state index in [0.717, 1.165) is 12.0 Å². The number of hydrogen-bond acceptors (Lipinski definition) is 2. The molecule has 1 aromatic heterocycles. The van der Waals surface area contributed by atoms with Gasteiger partial charge in [-0.1, -0.05) is 29.8 Å². The molecule has 0 radical (unpaired) electrons. The number of carbonyl (C=O) groups is 1. The van der Waals surface area contributed by atoms with E-state index in [1.54, 1.807) is 12.4 Å². The monoisotopic (exact) mass is 300 g/mol. The molecule has 3 rings (SSSR count). The van der Waals surface area contributed by atoms with E-state index in [0.29, 0.717) is 10.9 Å². The SMILES string of the molecule is CC(NC(=O)C1CC1c1ccncc1)c1ccccc1Cl. The van der Waals surface area contributed by atoms with Gasteiger partial charge in [0.1, 0.15) is 0 Å². The van der Waals surface area contributed by atoms with Crippen LogP contribution in [-0.2, 0) is 4.79 Å². The largest absolute Gasteiger partial charge is 0.349 e. The molecule has 3 unspecified atom stereocenters. The summed E-state index contributed by atoms with van der Waals surface area (Å²) in [4.78, 5) is 16.3. The first-order chi connectivity index (χ1) is 10.2. The smallest absolute Gasteiger partial charge is 0.224 e. The van der Waals surface area contributed by atoms with Gasteiger partial charge in [-0.2, -0.15) is 0 Å². The van der Waals surface area contributed by atoms with Gasteiger partial charge in [0, 0.05) is 23.3 Å². The minimum absolute atomic E-state index is 0.0670. The Morgan fingerprint density at radius 1 is 1.29 bits per heavy atom. The number of pyridine rings is 1. The number of benzene rings is 1. The van der Waals surface area contributed by atoms with Gasteiger partial charge in [0.2, 0.25) is 5.91 Å². The lowest BCUT2D eigenvalue weighted by Crippen LogP contribution is -2.28. The number of aromatic nitrogens is 1. The summed E-state index contributed by atoms with van der Waals surface area (Å²) in [5.41, 5.74) is 2.14. The lowest BCUT2D eigenvalue weighted by atomic mass is 10.1. The molecule has 0 saturated heterocycles. The highest BCUT2D eigenvalue weighted by Gasteiger charge is 2.44. The quantitative estimate of drug-likeness (QED) is 0.935. The van der Waals surface area contributed by atoms with Gasteiger partial charge in [0.25, 0.3) is 0 Å². The maximum atomic E-state index is 12.3. The second-order valence-electron chi connectivity index (χ2n) is 5.48.